The van der Waals surface area contributed by atoms with E-state index in [0.717, 1.165) is 22.4 Å². The molecule has 4 nitrogen and oxygen atoms in total. The Morgan fingerprint density at radius 3 is 2.26 bits per heavy atom. The second-order valence-corrected chi connectivity index (χ2v) is 7.71. The van der Waals surface area contributed by atoms with E-state index in [1.165, 1.54) is 11.1 Å². The van der Waals surface area contributed by atoms with Gasteiger partial charge in [0.15, 0.2) is 11.5 Å². The first kappa shape index (κ1) is 21.0. The molecule has 0 radical (unpaired) electrons. The average molecular weight is 417 g/mol. The van der Waals surface area contributed by atoms with E-state index in [0.29, 0.717) is 23.7 Å². The molecule has 2 unspecified atom stereocenters. The van der Waals surface area contributed by atoms with Crippen LogP contribution in [0.1, 0.15) is 41.5 Å². The molecule has 3 aromatic carbocycles. The van der Waals surface area contributed by atoms with Crippen LogP contribution in [0.4, 0.5) is 0 Å². The molecule has 1 N–H and O–H groups in total. The van der Waals surface area contributed by atoms with E-state index < -0.39 is 6.10 Å². The summed E-state index contributed by atoms with van der Waals surface area (Å²) < 4.78 is 17.4. The van der Waals surface area contributed by atoms with E-state index in [2.05, 4.69) is 25.1 Å². The van der Waals surface area contributed by atoms with Crippen LogP contribution in [0, 0.1) is 6.92 Å². The van der Waals surface area contributed by atoms with Gasteiger partial charge in [-0.3, -0.25) is 0 Å². The molecule has 31 heavy (non-hydrogen) atoms. The van der Waals surface area contributed by atoms with Crippen molar-refractivity contribution >= 4 is 5.76 Å². The molecule has 1 heterocycles. The first-order chi connectivity index (χ1) is 15.1. The zero-order chi connectivity index (χ0) is 22.0. The van der Waals surface area contributed by atoms with Crippen LogP contribution in [-0.2, 0) is 0 Å². The summed E-state index contributed by atoms with van der Waals surface area (Å²) in [6.07, 6.45) is -0.0684. The number of aryl methyl sites for hydroxylation is 1. The lowest BCUT2D eigenvalue weighted by Gasteiger charge is -2.34. The summed E-state index contributed by atoms with van der Waals surface area (Å²) in [6.45, 7) is 4.10. The van der Waals surface area contributed by atoms with Crippen LogP contribution in [-0.4, -0.2) is 25.4 Å². The van der Waals surface area contributed by atoms with E-state index in [9.17, 15) is 5.11 Å². The van der Waals surface area contributed by atoms with Gasteiger partial charge in [-0.2, -0.15) is 0 Å². The minimum atomic E-state index is -0.652. The third-order valence-electron chi connectivity index (χ3n) is 5.91. The number of aliphatic hydroxyl groups excluding tert-OH is 1. The number of fused-ring (bicyclic) bond motifs is 1. The molecular formula is C27H28O4. The quantitative estimate of drug-likeness (QED) is 0.558. The number of ether oxygens (including phenoxy) is 3. The molecule has 0 spiro atoms. The number of benzene rings is 3. The molecule has 4 rings (SSSR count). The second kappa shape index (κ2) is 8.86. The number of para-hydroxylation sites is 1. The number of aliphatic hydroxyl groups is 1. The predicted molar refractivity (Wildman–Crippen MR) is 123 cm³/mol. The van der Waals surface area contributed by atoms with Crippen LogP contribution in [0.3, 0.4) is 0 Å². The van der Waals surface area contributed by atoms with Crippen LogP contribution < -0.4 is 14.2 Å². The highest BCUT2D eigenvalue weighted by atomic mass is 16.5. The number of hydrogen-bond donors (Lipinski definition) is 1. The van der Waals surface area contributed by atoms with Crippen molar-refractivity contribution in [3.8, 4) is 17.2 Å². The van der Waals surface area contributed by atoms with Crippen LogP contribution in [0.25, 0.3) is 5.76 Å². The van der Waals surface area contributed by atoms with Gasteiger partial charge >= 0.3 is 0 Å². The molecule has 1 aliphatic rings. The standard InChI is InChI=1S/C27H28O4/c1-5-21(28)26-25(19-11-7-6-10-17(19)2)20-12-8-9-13-22(20)31-27(26)18-14-15-23(29-3)24(16-18)30-4/h6-16,21,25,28H,5H2,1-4H3. The lowest BCUT2D eigenvalue weighted by molar-refractivity contribution is 0.197. The molecule has 4 heteroatoms. The predicted octanol–water partition coefficient (Wildman–Crippen LogP) is 5.72. The third kappa shape index (κ3) is 3.79. The second-order valence-electron chi connectivity index (χ2n) is 7.71. The number of rotatable bonds is 6. The van der Waals surface area contributed by atoms with Gasteiger partial charge in [-0.1, -0.05) is 49.4 Å². The zero-order valence-electron chi connectivity index (χ0n) is 18.4. The van der Waals surface area contributed by atoms with Gasteiger partial charge in [0, 0.05) is 22.6 Å². The first-order valence-corrected chi connectivity index (χ1v) is 10.6. The van der Waals surface area contributed by atoms with Crippen LogP contribution in [0.15, 0.2) is 72.3 Å². The van der Waals surface area contributed by atoms with Crippen LogP contribution >= 0.6 is 0 Å². The molecule has 0 fully saturated rings. The maximum absolute atomic E-state index is 11.2. The average Bonchev–Trinajstić information content (AvgIpc) is 2.82. The van der Waals surface area contributed by atoms with Crippen molar-refractivity contribution in [3.05, 3.63) is 94.6 Å². The van der Waals surface area contributed by atoms with Crippen LogP contribution in [0.5, 0.6) is 17.2 Å². The molecule has 2 atom stereocenters. The van der Waals surface area contributed by atoms with E-state index in [4.69, 9.17) is 14.2 Å². The largest absolute Gasteiger partial charge is 0.493 e. The van der Waals surface area contributed by atoms with Gasteiger partial charge in [0.2, 0.25) is 0 Å². The van der Waals surface area contributed by atoms with Gasteiger partial charge in [-0.05, 0) is 48.7 Å². The molecule has 0 amide bonds. The lowest BCUT2D eigenvalue weighted by Crippen LogP contribution is -2.25. The van der Waals surface area contributed by atoms with Crippen LogP contribution in [0.2, 0.25) is 0 Å². The Balaban J connectivity index is 2.00. The number of hydrogen-bond acceptors (Lipinski definition) is 4. The van der Waals surface area contributed by atoms with E-state index >= 15 is 0 Å². The molecule has 0 bridgehead atoms. The van der Waals surface area contributed by atoms with Gasteiger partial charge in [0.25, 0.3) is 0 Å². The molecule has 0 aliphatic carbocycles. The minimum absolute atomic E-state index is 0.107. The molecule has 160 valence electrons. The van der Waals surface area contributed by atoms with E-state index in [1.807, 2.05) is 55.5 Å². The fourth-order valence-electron chi connectivity index (χ4n) is 4.29. The Labute approximate surface area is 183 Å². The van der Waals surface area contributed by atoms with Gasteiger partial charge in [-0.15, -0.1) is 0 Å². The molecule has 0 saturated heterocycles. The fourth-order valence-corrected chi connectivity index (χ4v) is 4.29. The Morgan fingerprint density at radius 2 is 1.58 bits per heavy atom. The summed E-state index contributed by atoms with van der Waals surface area (Å²) in [7, 11) is 3.23. The first-order valence-electron chi connectivity index (χ1n) is 10.6. The fraction of sp³-hybridized carbons (Fsp3) is 0.259. The number of methoxy groups -OCH3 is 2. The summed E-state index contributed by atoms with van der Waals surface area (Å²) in [5.41, 5.74) is 5.11. The molecule has 0 aromatic heterocycles. The maximum atomic E-state index is 11.2. The summed E-state index contributed by atoms with van der Waals surface area (Å²) in [6, 6.07) is 22.1. The Bertz CT molecular complexity index is 1120. The summed E-state index contributed by atoms with van der Waals surface area (Å²) >= 11 is 0. The van der Waals surface area contributed by atoms with Crippen molar-refractivity contribution in [1.82, 2.24) is 0 Å². The summed E-state index contributed by atoms with van der Waals surface area (Å²) in [4.78, 5) is 0. The third-order valence-corrected chi connectivity index (χ3v) is 5.91. The van der Waals surface area contributed by atoms with Crippen molar-refractivity contribution in [3.63, 3.8) is 0 Å². The van der Waals surface area contributed by atoms with Gasteiger partial charge in [-0.25, -0.2) is 0 Å². The van der Waals surface area contributed by atoms with Gasteiger partial charge in [0.05, 0.1) is 20.3 Å². The zero-order valence-corrected chi connectivity index (χ0v) is 18.4. The normalized spacial score (nSPS) is 16.4. The Morgan fingerprint density at radius 1 is 0.903 bits per heavy atom. The molecule has 0 saturated carbocycles. The van der Waals surface area contributed by atoms with Crippen molar-refractivity contribution in [2.45, 2.75) is 32.3 Å². The van der Waals surface area contributed by atoms with Crippen molar-refractivity contribution < 1.29 is 19.3 Å². The molecular weight excluding hydrogens is 388 g/mol. The van der Waals surface area contributed by atoms with E-state index in [1.54, 1.807) is 14.2 Å². The highest BCUT2D eigenvalue weighted by Crippen LogP contribution is 2.48. The lowest BCUT2D eigenvalue weighted by atomic mass is 9.77. The molecule has 1 aliphatic heterocycles. The SMILES string of the molecule is CCC(O)C1=C(c2ccc(OC)c(OC)c2)Oc2ccccc2C1c1ccccc1C. The monoisotopic (exact) mass is 416 g/mol. The Kier molecular flexibility index (Phi) is 6.01. The van der Waals surface area contributed by atoms with Crippen molar-refractivity contribution in [1.29, 1.82) is 0 Å². The molecule has 3 aromatic rings. The Hall–Kier alpha value is -3.24. The van der Waals surface area contributed by atoms with E-state index in [-0.39, 0.29) is 5.92 Å². The van der Waals surface area contributed by atoms with Crippen molar-refractivity contribution in [2.24, 2.45) is 0 Å². The van der Waals surface area contributed by atoms with Crippen molar-refractivity contribution in [2.75, 3.05) is 14.2 Å². The van der Waals surface area contributed by atoms with Gasteiger partial charge < -0.3 is 19.3 Å². The minimum Gasteiger partial charge on any atom is -0.493 e. The summed E-state index contributed by atoms with van der Waals surface area (Å²) in [5.74, 6) is 2.63. The highest BCUT2D eigenvalue weighted by Gasteiger charge is 2.35. The van der Waals surface area contributed by atoms with Gasteiger partial charge in [0.1, 0.15) is 11.5 Å². The smallest absolute Gasteiger partial charge is 0.161 e. The maximum Gasteiger partial charge on any atom is 0.161 e. The topological polar surface area (TPSA) is 47.9 Å². The summed E-state index contributed by atoms with van der Waals surface area (Å²) in [5, 5.41) is 11.2. The highest BCUT2D eigenvalue weighted by molar-refractivity contribution is 5.74.